The van der Waals surface area contributed by atoms with Gasteiger partial charge in [-0.3, -0.25) is 9.69 Å². The van der Waals surface area contributed by atoms with Crippen LogP contribution in [0.4, 0.5) is 0 Å². The maximum absolute atomic E-state index is 12.6. The van der Waals surface area contributed by atoms with Crippen LogP contribution < -0.4 is 19.5 Å². The van der Waals surface area contributed by atoms with E-state index in [0.717, 1.165) is 30.8 Å². The van der Waals surface area contributed by atoms with E-state index in [-0.39, 0.29) is 12.3 Å². The minimum absolute atomic E-state index is 0.0584. The molecule has 0 unspecified atom stereocenters. The summed E-state index contributed by atoms with van der Waals surface area (Å²) in [5.74, 6) is 1.54. The predicted octanol–water partition coefficient (Wildman–Crippen LogP) is 3.41. The van der Waals surface area contributed by atoms with Gasteiger partial charge < -0.3 is 19.5 Å². The summed E-state index contributed by atoms with van der Waals surface area (Å²) in [7, 11) is 4.68. The number of hydrogen-bond donors (Lipinski definition) is 1. The molecule has 0 saturated heterocycles. The Hall–Kier alpha value is -2.73. The summed E-state index contributed by atoms with van der Waals surface area (Å²) < 4.78 is 16.1. The lowest BCUT2D eigenvalue weighted by Crippen LogP contribution is -2.27. The number of carbonyl (C=O) groups excluding carboxylic acids is 1. The van der Waals surface area contributed by atoms with E-state index in [4.69, 9.17) is 14.2 Å². The smallest absolute Gasteiger partial charge is 0.224 e. The first-order valence-corrected chi connectivity index (χ1v) is 9.90. The number of rotatable bonds is 11. The number of amides is 1. The molecule has 0 saturated carbocycles. The third kappa shape index (κ3) is 6.12. The Morgan fingerprint density at radius 1 is 0.931 bits per heavy atom. The molecule has 6 heteroatoms. The Kier molecular flexibility index (Phi) is 8.80. The van der Waals surface area contributed by atoms with Crippen LogP contribution in [0.2, 0.25) is 0 Å². The zero-order chi connectivity index (χ0) is 21.2. The van der Waals surface area contributed by atoms with E-state index in [1.165, 1.54) is 5.56 Å². The fourth-order valence-corrected chi connectivity index (χ4v) is 3.25. The highest BCUT2D eigenvalue weighted by molar-refractivity contribution is 5.79. The fourth-order valence-electron chi connectivity index (χ4n) is 3.25. The highest BCUT2D eigenvalue weighted by atomic mass is 16.5. The molecule has 0 aliphatic rings. The van der Waals surface area contributed by atoms with Crippen molar-refractivity contribution >= 4 is 5.91 Å². The molecule has 0 fully saturated rings. The normalized spacial score (nSPS) is 10.7. The number of benzene rings is 2. The van der Waals surface area contributed by atoms with Crippen molar-refractivity contribution in [3.05, 3.63) is 53.1 Å². The van der Waals surface area contributed by atoms with Crippen molar-refractivity contribution in [2.24, 2.45) is 0 Å². The van der Waals surface area contributed by atoms with Crippen molar-refractivity contribution < 1.29 is 19.0 Å². The summed E-state index contributed by atoms with van der Waals surface area (Å²) in [4.78, 5) is 14.9. The Bertz CT molecular complexity index is 778. The molecule has 0 heterocycles. The average molecular weight is 401 g/mol. The summed E-state index contributed by atoms with van der Waals surface area (Å²) in [6, 6.07) is 11.8. The van der Waals surface area contributed by atoms with Gasteiger partial charge in [-0.25, -0.2) is 0 Å². The van der Waals surface area contributed by atoms with Gasteiger partial charge in [-0.2, -0.15) is 0 Å². The average Bonchev–Trinajstić information content (AvgIpc) is 2.75. The molecule has 0 bridgehead atoms. The molecule has 1 amide bonds. The van der Waals surface area contributed by atoms with Crippen LogP contribution in [-0.2, 0) is 24.3 Å². The van der Waals surface area contributed by atoms with Crippen molar-refractivity contribution in [3.8, 4) is 17.2 Å². The van der Waals surface area contributed by atoms with Gasteiger partial charge in [-0.15, -0.1) is 0 Å². The van der Waals surface area contributed by atoms with E-state index in [1.807, 2.05) is 12.1 Å². The monoisotopic (exact) mass is 400 g/mol. The Labute approximate surface area is 173 Å². The number of nitrogens with one attached hydrogen (secondary N) is 1. The van der Waals surface area contributed by atoms with Crippen LogP contribution >= 0.6 is 0 Å². The quantitative estimate of drug-likeness (QED) is 0.626. The number of hydrogen-bond acceptors (Lipinski definition) is 5. The highest BCUT2D eigenvalue weighted by Gasteiger charge is 2.15. The van der Waals surface area contributed by atoms with Gasteiger partial charge in [0.05, 0.1) is 27.8 Å². The summed E-state index contributed by atoms with van der Waals surface area (Å²) in [6.07, 6.45) is 0.231. The molecule has 0 atom stereocenters. The van der Waals surface area contributed by atoms with Crippen molar-refractivity contribution in [2.75, 3.05) is 34.4 Å². The van der Waals surface area contributed by atoms with Gasteiger partial charge in [0, 0.05) is 13.1 Å². The summed E-state index contributed by atoms with van der Waals surface area (Å²) in [5, 5.41) is 3.03. The van der Waals surface area contributed by atoms with E-state index in [1.54, 1.807) is 33.5 Å². The molecule has 0 aromatic heterocycles. The Morgan fingerprint density at radius 2 is 1.52 bits per heavy atom. The van der Waals surface area contributed by atoms with Gasteiger partial charge in [-0.05, 0) is 41.9 Å². The fraction of sp³-hybridized carbons (Fsp3) is 0.435. The number of methoxy groups -OCH3 is 3. The summed E-state index contributed by atoms with van der Waals surface area (Å²) in [5.41, 5.74) is 3.18. The Balaban J connectivity index is 2.06. The van der Waals surface area contributed by atoms with E-state index in [0.29, 0.717) is 23.8 Å². The van der Waals surface area contributed by atoms with Gasteiger partial charge in [-0.1, -0.05) is 38.1 Å². The van der Waals surface area contributed by atoms with E-state index in [2.05, 4.69) is 36.2 Å². The molecular formula is C23H32N2O4. The SMILES string of the molecule is CCN(CC)Cc1ccccc1CNC(=O)Cc1cc(OC)c(OC)c(OC)c1. The minimum Gasteiger partial charge on any atom is -0.493 e. The molecule has 2 aromatic rings. The standard InChI is InChI=1S/C23H32N2O4/c1-6-25(7-2)16-19-11-9-8-10-18(19)15-24-22(26)14-17-12-20(27-3)23(29-5)21(13-17)28-4/h8-13H,6-7,14-16H2,1-5H3,(H,24,26). The maximum Gasteiger partial charge on any atom is 0.224 e. The molecule has 158 valence electrons. The van der Waals surface area contributed by atoms with Crippen LogP contribution in [0, 0.1) is 0 Å². The molecule has 0 aliphatic heterocycles. The lowest BCUT2D eigenvalue weighted by atomic mass is 10.1. The van der Waals surface area contributed by atoms with E-state index < -0.39 is 0 Å². The molecule has 2 aromatic carbocycles. The molecule has 0 spiro atoms. The largest absolute Gasteiger partial charge is 0.493 e. The van der Waals surface area contributed by atoms with Gasteiger partial charge in [0.25, 0.3) is 0 Å². The second-order valence-corrected chi connectivity index (χ2v) is 6.72. The second-order valence-electron chi connectivity index (χ2n) is 6.72. The number of carbonyl (C=O) groups is 1. The molecule has 2 rings (SSSR count). The first-order chi connectivity index (χ1) is 14.1. The lowest BCUT2D eigenvalue weighted by molar-refractivity contribution is -0.120. The maximum atomic E-state index is 12.6. The van der Waals surface area contributed by atoms with Gasteiger partial charge in [0.2, 0.25) is 11.7 Å². The predicted molar refractivity (Wildman–Crippen MR) is 115 cm³/mol. The molecule has 1 N–H and O–H groups in total. The van der Waals surface area contributed by atoms with Gasteiger partial charge in [0.1, 0.15) is 0 Å². The van der Waals surface area contributed by atoms with E-state index >= 15 is 0 Å². The minimum atomic E-state index is -0.0584. The summed E-state index contributed by atoms with van der Waals surface area (Å²) >= 11 is 0. The molecule has 29 heavy (non-hydrogen) atoms. The number of nitrogens with zero attached hydrogens (tertiary/aromatic N) is 1. The van der Waals surface area contributed by atoms with Crippen molar-refractivity contribution in [1.29, 1.82) is 0 Å². The Morgan fingerprint density at radius 3 is 2.03 bits per heavy atom. The zero-order valence-electron chi connectivity index (χ0n) is 18.1. The van der Waals surface area contributed by atoms with Crippen molar-refractivity contribution in [1.82, 2.24) is 10.2 Å². The van der Waals surface area contributed by atoms with Crippen molar-refractivity contribution in [3.63, 3.8) is 0 Å². The molecule has 0 radical (unpaired) electrons. The third-order valence-corrected chi connectivity index (χ3v) is 4.97. The van der Waals surface area contributed by atoms with Crippen LogP contribution in [0.15, 0.2) is 36.4 Å². The van der Waals surface area contributed by atoms with Gasteiger partial charge >= 0.3 is 0 Å². The third-order valence-electron chi connectivity index (χ3n) is 4.97. The summed E-state index contributed by atoms with van der Waals surface area (Å²) in [6.45, 7) is 7.69. The first kappa shape index (κ1) is 22.6. The van der Waals surface area contributed by atoms with E-state index in [9.17, 15) is 4.79 Å². The molecular weight excluding hydrogens is 368 g/mol. The van der Waals surface area contributed by atoms with Crippen molar-refractivity contribution in [2.45, 2.75) is 33.4 Å². The zero-order valence-corrected chi connectivity index (χ0v) is 18.1. The van der Waals surface area contributed by atoms with Crippen LogP contribution in [0.25, 0.3) is 0 Å². The van der Waals surface area contributed by atoms with Crippen LogP contribution in [0.5, 0.6) is 17.2 Å². The molecule has 0 aliphatic carbocycles. The van der Waals surface area contributed by atoms with Gasteiger partial charge in [0.15, 0.2) is 11.5 Å². The lowest BCUT2D eigenvalue weighted by Gasteiger charge is -2.20. The second kappa shape index (κ2) is 11.3. The first-order valence-electron chi connectivity index (χ1n) is 9.90. The highest BCUT2D eigenvalue weighted by Crippen LogP contribution is 2.38. The van der Waals surface area contributed by atoms with Crippen LogP contribution in [0.3, 0.4) is 0 Å². The van der Waals surface area contributed by atoms with Crippen LogP contribution in [0.1, 0.15) is 30.5 Å². The topological polar surface area (TPSA) is 60.0 Å². The number of ether oxygens (including phenoxy) is 3. The van der Waals surface area contributed by atoms with Crippen LogP contribution in [-0.4, -0.2) is 45.2 Å². The molecule has 6 nitrogen and oxygen atoms in total.